The Morgan fingerprint density at radius 2 is 2.14 bits per heavy atom. The summed E-state index contributed by atoms with van der Waals surface area (Å²) in [4.78, 5) is 4.65. The standard InChI is InChI=1S/C16H18ClN3S/c1-20-14-8-7-12(17)9-13(14)19-16(20)21-15(10-18)11-5-3-2-4-6-11/h7-9,11,15H,2-6H2,1H3. The summed E-state index contributed by atoms with van der Waals surface area (Å²) in [7, 11) is 2.00. The maximum Gasteiger partial charge on any atom is 0.170 e. The molecule has 0 N–H and O–H groups in total. The lowest BCUT2D eigenvalue weighted by atomic mass is 9.87. The number of halogens is 1. The zero-order chi connectivity index (χ0) is 14.8. The van der Waals surface area contributed by atoms with E-state index in [1.54, 1.807) is 11.8 Å². The zero-order valence-electron chi connectivity index (χ0n) is 12.1. The topological polar surface area (TPSA) is 41.6 Å². The third-order valence-electron chi connectivity index (χ3n) is 4.24. The van der Waals surface area contributed by atoms with Gasteiger partial charge in [-0.05, 0) is 37.0 Å². The molecule has 1 saturated carbocycles. The first-order chi connectivity index (χ1) is 10.2. The van der Waals surface area contributed by atoms with Crippen molar-refractivity contribution >= 4 is 34.4 Å². The number of aryl methyl sites for hydroxylation is 1. The van der Waals surface area contributed by atoms with Gasteiger partial charge in [0.25, 0.3) is 0 Å². The molecular formula is C16H18ClN3S. The minimum absolute atomic E-state index is 0.00344. The van der Waals surface area contributed by atoms with Crippen molar-refractivity contribution in [3.05, 3.63) is 23.2 Å². The van der Waals surface area contributed by atoms with Gasteiger partial charge in [-0.2, -0.15) is 5.26 Å². The maximum atomic E-state index is 9.52. The second-order valence-corrected chi connectivity index (χ2v) is 7.20. The monoisotopic (exact) mass is 319 g/mol. The fourth-order valence-electron chi connectivity index (χ4n) is 3.03. The molecule has 0 saturated heterocycles. The Kier molecular flexibility index (Phi) is 4.42. The van der Waals surface area contributed by atoms with Crippen molar-refractivity contribution in [1.82, 2.24) is 9.55 Å². The van der Waals surface area contributed by atoms with Crippen LogP contribution in [0.25, 0.3) is 11.0 Å². The Bertz CT molecular complexity index is 683. The Morgan fingerprint density at radius 3 is 2.86 bits per heavy atom. The summed E-state index contributed by atoms with van der Waals surface area (Å²) in [5.74, 6) is 0.497. The van der Waals surface area contributed by atoms with Crippen molar-refractivity contribution in [1.29, 1.82) is 5.26 Å². The molecule has 21 heavy (non-hydrogen) atoms. The Balaban J connectivity index is 1.86. The van der Waals surface area contributed by atoms with Crippen LogP contribution < -0.4 is 0 Å². The van der Waals surface area contributed by atoms with E-state index < -0.39 is 0 Å². The average Bonchev–Trinajstić information content (AvgIpc) is 2.81. The van der Waals surface area contributed by atoms with Crippen molar-refractivity contribution in [2.75, 3.05) is 0 Å². The highest BCUT2D eigenvalue weighted by atomic mass is 35.5. The molecule has 1 aromatic carbocycles. The number of nitrogens with zero attached hydrogens (tertiary/aromatic N) is 3. The molecule has 0 spiro atoms. The van der Waals surface area contributed by atoms with Crippen LogP contribution in [0, 0.1) is 17.2 Å². The molecule has 1 heterocycles. The normalized spacial score (nSPS) is 17.8. The minimum atomic E-state index is -0.00344. The summed E-state index contributed by atoms with van der Waals surface area (Å²) in [5.41, 5.74) is 1.95. The Labute approximate surface area is 134 Å². The largest absolute Gasteiger partial charge is 0.322 e. The third-order valence-corrected chi connectivity index (χ3v) is 5.79. The molecule has 0 radical (unpaired) electrons. The first-order valence-electron chi connectivity index (χ1n) is 7.37. The van der Waals surface area contributed by atoms with Crippen LogP contribution in [0.3, 0.4) is 0 Å². The number of hydrogen-bond donors (Lipinski definition) is 0. The number of benzene rings is 1. The van der Waals surface area contributed by atoms with Crippen molar-refractivity contribution < 1.29 is 0 Å². The molecule has 1 aliphatic carbocycles. The average molecular weight is 320 g/mol. The van der Waals surface area contributed by atoms with Crippen molar-refractivity contribution in [2.45, 2.75) is 42.5 Å². The van der Waals surface area contributed by atoms with E-state index in [4.69, 9.17) is 11.6 Å². The molecular weight excluding hydrogens is 302 g/mol. The van der Waals surface area contributed by atoms with Gasteiger partial charge in [-0.3, -0.25) is 0 Å². The fourth-order valence-corrected chi connectivity index (χ4v) is 4.35. The summed E-state index contributed by atoms with van der Waals surface area (Å²) in [6.45, 7) is 0. The zero-order valence-corrected chi connectivity index (χ0v) is 13.6. The van der Waals surface area contributed by atoms with Gasteiger partial charge in [0.05, 0.1) is 17.1 Å². The van der Waals surface area contributed by atoms with E-state index in [0.29, 0.717) is 10.9 Å². The van der Waals surface area contributed by atoms with E-state index in [1.807, 2.05) is 25.2 Å². The molecule has 2 aromatic rings. The molecule has 5 heteroatoms. The molecule has 1 fully saturated rings. The smallest absolute Gasteiger partial charge is 0.170 e. The lowest BCUT2D eigenvalue weighted by Gasteiger charge is -2.24. The van der Waals surface area contributed by atoms with Crippen LogP contribution in [-0.4, -0.2) is 14.8 Å². The molecule has 3 rings (SSSR count). The van der Waals surface area contributed by atoms with Gasteiger partial charge in [0, 0.05) is 12.1 Å². The van der Waals surface area contributed by atoms with E-state index in [0.717, 1.165) is 16.2 Å². The van der Waals surface area contributed by atoms with Crippen LogP contribution in [0.5, 0.6) is 0 Å². The fraction of sp³-hybridized carbons (Fsp3) is 0.500. The molecule has 1 atom stereocenters. The summed E-state index contributed by atoms with van der Waals surface area (Å²) < 4.78 is 2.06. The summed E-state index contributed by atoms with van der Waals surface area (Å²) in [6.07, 6.45) is 6.15. The van der Waals surface area contributed by atoms with E-state index in [2.05, 4.69) is 15.6 Å². The minimum Gasteiger partial charge on any atom is -0.322 e. The van der Waals surface area contributed by atoms with Crippen LogP contribution in [0.4, 0.5) is 0 Å². The molecule has 0 amide bonds. The van der Waals surface area contributed by atoms with Gasteiger partial charge < -0.3 is 4.57 Å². The molecule has 0 aliphatic heterocycles. The van der Waals surface area contributed by atoms with Gasteiger partial charge in [-0.1, -0.05) is 42.6 Å². The van der Waals surface area contributed by atoms with Crippen LogP contribution >= 0.6 is 23.4 Å². The second-order valence-electron chi connectivity index (χ2n) is 5.65. The number of fused-ring (bicyclic) bond motifs is 1. The van der Waals surface area contributed by atoms with E-state index in [-0.39, 0.29) is 5.25 Å². The molecule has 1 aromatic heterocycles. The number of rotatable bonds is 3. The lowest BCUT2D eigenvalue weighted by Crippen LogP contribution is -2.19. The number of nitriles is 1. The van der Waals surface area contributed by atoms with Gasteiger partial charge in [0.15, 0.2) is 5.16 Å². The quantitative estimate of drug-likeness (QED) is 0.764. The Morgan fingerprint density at radius 1 is 1.38 bits per heavy atom. The number of thioether (sulfide) groups is 1. The van der Waals surface area contributed by atoms with Crippen LogP contribution in [0.1, 0.15) is 32.1 Å². The van der Waals surface area contributed by atoms with Gasteiger partial charge >= 0.3 is 0 Å². The molecule has 110 valence electrons. The van der Waals surface area contributed by atoms with Crippen LogP contribution in [-0.2, 0) is 7.05 Å². The van der Waals surface area contributed by atoms with Crippen molar-refractivity contribution in [3.63, 3.8) is 0 Å². The SMILES string of the molecule is Cn1c(SC(C#N)C2CCCCC2)nc2cc(Cl)ccc21. The highest BCUT2D eigenvalue weighted by Gasteiger charge is 2.26. The van der Waals surface area contributed by atoms with Gasteiger partial charge in [0.2, 0.25) is 0 Å². The van der Waals surface area contributed by atoms with Crippen molar-refractivity contribution in [3.8, 4) is 6.07 Å². The second kappa shape index (κ2) is 6.29. The van der Waals surface area contributed by atoms with Gasteiger partial charge in [-0.15, -0.1) is 0 Å². The van der Waals surface area contributed by atoms with E-state index >= 15 is 0 Å². The molecule has 1 aliphatic rings. The first kappa shape index (κ1) is 14.7. The number of hydrogen-bond acceptors (Lipinski definition) is 3. The maximum absolute atomic E-state index is 9.52. The highest BCUT2D eigenvalue weighted by Crippen LogP contribution is 2.36. The van der Waals surface area contributed by atoms with Crippen LogP contribution in [0.2, 0.25) is 5.02 Å². The summed E-state index contributed by atoms with van der Waals surface area (Å²) >= 11 is 7.63. The summed E-state index contributed by atoms with van der Waals surface area (Å²) in [5, 5.41) is 11.1. The summed E-state index contributed by atoms with van der Waals surface area (Å²) in [6, 6.07) is 8.23. The third kappa shape index (κ3) is 3.04. The van der Waals surface area contributed by atoms with Crippen molar-refractivity contribution in [2.24, 2.45) is 13.0 Å². The van der Waals surface area contributed by atoms with Gasteiger partial charge in [-0.25, -0.2) is 4.98 Å². The lowest BCUT2D eigenvalue weighted by molar-refractivity contribution is 0.370. The molecule has 1 unspecified atom stereocenters. The van der Waals surface area contributed by atoms with E-state index in [1.165, 1.54) is 32.1 Å². The predicted molar refractivity (Wildman–Crippen MR) is 87.6 cm³/mol. The molecule has 0 bridgehead atoms. The number of aromatic nitrogens is 2. The Hall–Kier alpha value is -1.18. The highest BCUT2D eigenvalue weighted by molar-refractivity contribution is 8.00. The molecule has 3 nitrogen and oxygen atoms in total. The van der Waals surface area contributed by atoms with Gasteiger partial charge in [0.1, 0.15) is 5.25 Å². The predicted octanol–water partition coefficient (Wildman–Crippen LogP) is 4.79. The first-order valence-corrected chi connectivity index (χ1v) is 8.63. The van der Waals surface area contributed by atoms with Crippen LogP contribution in [0.15, 0.2) is 23.4 Å². The number of imidazole rings is 1. The van der Waals surface area contributed by atoms with E-state index in [9.17, 15) is 5.26 Å².